The molecule has 0 radical (unpaired) electrons. The maximum absolute atomic E-state index is 2.33. The van der Waals surface area contributed by atoms with Gasteiger partial charge < -0.3 is 4.90 Å². The van der Waals surface area contributed by atoms with Crippen LogP contribution in [0.3, 0.4) is 0 Å². The summed E-state index contributed by atoms with van der Waals surface area (Å²) >= 11 is 0. The third-order valence-electron chi connectivity index (χ3n) is 7.73. The van der Waals surface area contributed by atoms with Gasteiger partial charge in [0, 0.05) is 17.1 Å². The van der Waals surface area contributed by atoms with E-state index in [4.69, 9.17) is 0 Å². The maximum Gasteiger partial charge on any atom is 0.0462 e. The Kier molecular flexibility index (Phi) is 6.11. The van der Waals surface area contributed by atoms with Crippen molar-refractivity contribution in [1.29, 1.82) is 0 Å². The second-order valence-corrected chi connectivity index (χ2v) is 10.4. The van der Waals surface area contributed by atoms with Crippen LogP contribution < -0.4 is 4.90 Å². The standard InChI is InChI=1S/C39H29N/c1-28-13-21-35(22-14-28)40(36-23-17-30(18-24-36)34-16-15-29-7-2-3-9-33(29)27-34)37-25-19-32(20-26-37)39-12-6-10-31-8-4-5-11-38(31)39/h2-27H,1H3. The van der Waals surface area contributed by atoms with E-state index in [0.29, 0.717) is 0 Å². The molecule has 0 saturated carbocycles. The number of nitrogens with zero attached hydrogens (tertiary/aromatic N) is 1. The van der Waals surface area contributed by atoms with Crippen LogP contribution in [0.1, 0.15) is 5.56 Å². The van der Waals surface area contributed by atoms with E-state index in [0.717, 1.165) is 17.1 Å². The van der Waals surface area contributed by atoms with Gasteiger partial charge in [0.1, 0.15) is 0 Å². The highest BCUT2D eigenvalue weighted by atomic mass is 15.1. The largest absolute Gasteiger partial charge is 0.311 e. The zero-order valence-corrected chi connectivity index (χ0v) is 22.5. The Morgan fingerprint density at radius 2 is 0.900 bits per heavy atom. The minimum atomic E-state index is 1.13. The van der Waals surface area contributed by atoms with Crippen molar-refractivity contribution in [1.82, 2.24) is 0 Å². The molecule has 1 nitrogen and oxygen atoms in total. The molecule has 0 bridgehead atoms. The third-order valence-corrected chi connectivity index (χ3v) is 7.73. The summed E-state index contributed by atoms with van der Waals surface area (Å²) in [5.74, 6) is 0. The first-order valence-corrected chi connectivity index (χ1v) is 13.8. The lowest BCUT2D eigenvalue weighted by Gasteiger charge is -2.26. The third kappa shape index (κ3) is 4.52. The molecule has 0 spiro atoms. The molecule has 1 heteroatoms. The molecule has 0 aromatic heterocycles. The molecule has 0 unspecified atom stereocenters. The summed E-state index contributed by atoms with van der Waals surface area (Å²) < 4.78 is 0. The molecule has 7 rings (SSSR count). The van der Waals surface area contributed by atoms with Gasteiger partial charge in [0.15, 0.2) is 0 Å². The molecular weight excluding hydrogens is 482 g/mol. The first-order chi connectivity index (χ1) is 19.7. The van der Waals surface area contributed by atoms with Gasteiger partial charge in [-0.3, -0.25) is 0 Å². The van der Waals surface area contributed by atoms with Gasteiger partial charge >= 0.3 is 0 Å². The highest BCUT2D eigenvalue weighted by molar-refractivity contribution is 5.97. The van der Waals surface area contributed by atoms with E-state index in [9.17, 15) is 0 Å². The summed E-state index contributed by atoms with van der Waals surface area (Å²) in [5, 5.41) is 5.06. The Morgan fingerprint density at radius 1 is 0.375 bits per heavy atom. The smallest absolute Gasteiger partial charge is 0.0462 e. The predicted octanol–water partition coefficient (Wildman–Crippen LogP) is 11.1. The van der Waals surface area contributed by atoms with E-state index in [-0.39, 0.29) is 0 Å². The first kappa shape index (κ1) is 23.9. The lowest BCUT2D eigenvalue weighted by molar-refractivity contribution is 1.28. The minimum absolute atomic E-state index is 1.13. The van der Waals surface area contributed by atoms with E-state index in [2.05, 4.69) is 170 Å². The topological polar surface area (TPSA) is 3.24 Å². The molecule has 190 valence electrons. The molecule has 0 aliphatic carbocycles. The second-order valence-electron chi connectivity index (χ2n) is 10.4. The SMILES string of the molecule is Cc1ccc(N(c2ccc(-c3ccc4ccccc4c3)cc2)c2ccc(-c3cccc4ccccc34)cc2)cc1. The van der Waals surface area contributed by atoms with Gasteiger partial charge in [-0.1, -0.05) is 121 Å². The van der Waals surface area contributed by atoms with Crippen molar-refractivity contribution < 1.29 is 0 Å². The number of hydrogen-bond acceptors (Lipinski definition) is 1. The molecule has 7 aromatic rings. The van der Waals surface area contributed by atoms with Gasteiger partial charge in [0.2, 0.25) is 0 Å². The van der Waals surface area contributed by atoms with Crippen LogP contribution >= 0.6 is 0 Å². The van der Waals surface area contributed by atoms with Crippen molar-refractivity contribution in [3.05, 3.63) is 163 Å². The van der Waals surface area contributed by atoms with Crippen LogP contribution in [0, 0.1) is 6.92 Å². The number of benzene rings is 7. The molecule has 0 aliphatic heterocycles. The van der Waals surface area contributed by atoms with Gasteiger partial charge in [0.05, 0.1) is 0 Å². The zero-order chi connectivity index (χ0) is 26.9. The van der Waals surface area contributed by atoms with Crippen molar-refractivity contribution in [2.45, 2.75) is 6.92 Å². The maximum atomic E-state index is 2.33. The Hall–Kier alpha value is -5.14. The predicted molar refractivity (Wildman–Crippen MR) is 172 cm³/mol. The van der Waals surface area contributed by atoms with Gasteiger partial charge in [-0.2, -0.15) is 0 Å². The lowest BCUT2D eigenvalue weighted by atomic mass is 9.98. The van der Waals surface area contributed by atoms with Gasteiger partial charge in [-0.05, 0) is 93.2 Å². The van der Waals surface area contributed by atoms with Crippen molar-refractivity contribution in [3.8, 4) is 22.3 Å². The Morgan fingerprint density at radius 3 is 1.60 bits per heavy atom. The number of aryl methyl sites for hydroxylation is 1. The second kappa shape index (κ2) is 10.2. The Balaban J connectivity index is 1.27. The highest BCUT2D eigenvalue weighted by Gasteiger charge is 2.14. The van der Waals surface area contributed by atoms with E-state index >= 15 is 0 Å². The zero-order valence-electron chi connectivity index (χ0n) is 22.5. The lowest BCUT2D eigenvalue weighted by Crippen LogP contribution is -2.09. The van der Waals surface area contributed by atoms with E-state index < -0.39 is 0 Å². The van der Waals surface area contributed by atoms with Gasteiger partial charge in [-0.15, -0.1) is 0 Å². The Labute approximate surface area is 235 Å². The molecular formula is C39H29N. The highest BCUT2D eigenvalue weighted by Crippen LogP contribution is 2.38. The average molecular weight is 512 g/mol. The Bertz CT molecular complexity index is 1930. The monoisotopic (exact) mass is 511 g/mol. The fourth-order valence-corrected chi connectivity index (χ4v) is 5.58. The van der Waals surface area contributed by atoms with E-state index in [1.807, 2.05) is 0 Å². The van der Waals surface area contributed by atoms with Gasteiger partial charge in [-0.25, -0.2) is 0 Å². The quantitative estimate of drug-likeness (QED) is 0.222. The van der Waals surface area contributed by atoms with Crippen LogP contribution in [0.15, 0.2) is 158 Å². The van der Waals surface area contributed by atoms with Crippen molar-refractivity contribution in [2.24, 2.45) is 0 Å². The molecule has 0 atom stereocenters. The van der Waals surface area contributed by atoms with Crippen LogP contribution in [0.2, 0.25) is 0 Å². The van der Waals surface area contributed by atoms with E-state index in [1.165, 1.54) is 49.4 Å². The van der Waals surface area contributed by atoms with Crippen LogP contribution in [-0.4, -0.2) is 0 Å². The molecule has 0 aliphatic rings. The first-order valence-electron chi connectivity index (χ1n) is 13.8. The molecule has 7 aromatic carbocycles. The summed E-state index contributed by atoms with van der Waals surface area (Å²) in [5.41, 5.74) is 9.57. The van der Waals surface area contributed by atoms with Crippen LogP contribution in [0.5, 0.6) is 0 Å². The number of hydrogen-bond donors (Lipinski definition) is 0. The minimum Gasteiger partial charge on any atom is -0.311 e. The van der Waals surface area contributed by atoms with Crippen LogP contribution in [0.25, 0.3) is 43.8 Å². The molecule has 0 fully saturated rings. The van der Waals surface area contributed by atoms with E-state index in [1.54, 1.807) is 0 Å². The fourth-order valence-electron chi connectivity index (χ4n) is 5.58. The summed E-state index contributed by atoms with van der Waals surface area (Å²) in [6.45, 7) is 2.13. The molecule has 0 N–H and O–H groups in total. The molecule has 0 saturated heterocycles. The summed E-state index contributed by atoms with van der Waals surface area (Å²) in [6, 6.07) is 56.9. The summed E-state index contributed by atoms with van der Waals surface area (Å²) in [7, 11) is 0. The average Bonchev–Trinajstić information content (AvgIpc) is 3.02. The molecule has 40 heavy (non-hydrogen) atoms. The molecule has 0 amide bonds. The van der Waals surface area contributed by atoms with Crippen molar-refractivity contribution >= 4 is 38.6 Å². The number of fused-ring (bicyclic) bond motifs is 2. The van der Waals surface area contributed by atoms with Gasteiger partial charge in [0.25, 0.3) is 0 Å². The fraction of sp³-hybridized carbons (Fsp3) is 0.0256. The number of anilines is 3. The van der Waals surface area contributed by atoms with Crippen molar-refractivity contribution in [3.63, 3.8) is 0 Å². The summed E-state index contributed by atoms with van der Waals surface area (Å²) in [6.07, 6.45) is 0. The van der Waals surface area contributed by atoms with Crippen LogP contribution in [0.4, 0.5) is 17.1 Å². The number of rotatable bonds is 5. The molecule has 0 heterocycles. The summed E-state index contributed by atoms with van der Waals surface area (Å²) in [4.78, 5) is 2.33. The van der Waals surface area contributed by atoms with Crippen molar-refractivity contribution in [2.75, 3.05) is 4.90 Å². The van der Waals surface area contributed by atoms with Crippen LogP contribution in [-0.2, 0) is 0 Å². The normalized spacial score (nSPS) is 11.1.